The Morgan fingerprint density at radius 2 is 2.21 bits per heavy atom. The van der Waals surface area contributed by atoms with Crippen LogP contribution in [0.2, 0.25) is 0 Å². The first kappa shape index (κ1) is 13.3. The van der Waals surface area contributed by atoms with Gasteiger partial charge in [-0.1, -0.05) is 18.3 Å². The van der Waals surface area contributed by atoms with E-state index in [1.54, 1.807) is 6.07 Å². The van der Waals surface area contributed by atoms with Gasteiger partial charge in [-0.25, -0.2) is 0 Å². The highest BCUT2D eigenvalue weighted by Crippen LogP contribution is 2.25. The van der Waals surface area contributed by atoms with Gasteiger partial charge < -0.3 is 16.2 Å². The third-order valence-corrected chi connectivity index (χ3v) is 3.29. The predicted molar refractivity (Wildman–Crippen MR) is 74.5 cm³/mol. The zero-order valence-electron chi connectivity index (χ0n) is 10.5. The van der Waals surface area contributed by atoms with E-state index in [2.05, 4.69) is 14.9 Å². The van der Waals surface area contributed by atoms with Crippen LogP contribution in [0.1, 0.15) is 35.1 Å². The normalized spacial score (nSPS) is 10.7. The molecule has 0 radical (unpaired) electrons. The number of phenols is 1. The van der Waals surface area contributed by atoms with Crippen LogP contribution in [0, 0.1) is 0 Å². The maximum atomic E-state index is 12.1. The first-order chi connectivity index (χ1) is 8.99. The Balaban J connectivity index is 2.23. The van der Waals surface area contributed by atoms with Crippen LogP contribution in [0.15, 0.2) is 18.2 Å². The molecule has 1 amide bonds. The fourth-order valence-electron chi connectivity index (χ4n) is 1.58. The molecule has 19 heavy (non-hydrogen) atoms. The van der Waals surface area contributed by atoms with Crippen molar-refractivity contribution in [2.24, 2.45) is 0 Å². The van der Waals surface area contributed by atoms with Crippen molar-refractivity contribution in [1.29, 1.82) is 0 Å². The SMILES string of the molecule is CC(C)c1nnsc1C(=O)Nc1ccc(O)cc1N. The molecule has 0 bridgehead atoms. The van der Waals surface area contributed by atoms with E-state index >= 15 is 0 Å². The molecule has 0 aliphatic heterocycles. The Morgan fingerprint density at radius 3 is 2.84 bits per heavy atom. The van der Waals surface area contributed by atoms with E-state index in [4.69, 9.17) is 5.73 Å². The molecule has 2 rings (SSSR count). The molecule has 0 aliphatic carbocycles. The van der Waals surface area contributed by atoms with Gasteiger partial charge in [0.1, 0.15) is 10.6 Å². The summed E-state index contributed by atoms with van der Waals surface area (Å²) >= 11 is 1.05. The summed E-state index contributed by atoms with van der Waals surface area (Å²) in [5.74, 6) is -0.120. The first-order valence-corrected chi connectivity index (χ1v) is 6.48. The van der Waals surface area contributed by atoms with E-state index in [-0.39, 0.29) is 17.6 Å². The van der Waals surface area contributed by atoms with Gasteiger partial charge in [-0.15, -0.1) is 5.10 Å². The molecule has 4 N–H and O–H groups in total. The van der Waals surface area contributed by atoms with Gasteiger partial charge in [0.2, 0.25) is 0 Å². The van der Waals surface area contributed by atoms with Crippen LogP contribution in [0.5, 0.6) is 5.75 Å². The number of nitrogens with one attached hydrogen (secondary N) is 1. The summed E-state index contributed by atoms with van der Waals surface area (Å²) in [6.45, 7) is 3.89. The molecule has 1 heterocycles. The molecule has 1 aromatic carbocycles. The molecule has 0 aliphatic rings. The smallest absolute Gasteiger partial charge is 0.269 e. The third kappa shape index (κ3) is 2.82. The fourth-order valence-corrected chi connectivity index (χ4v) is 2.29. The number of benzene rings is 1. The van der Waals surface area contributed by atoms with Crippen LogP contribution in [0.3, 0.4) is 0 Å². The summed E-state index contributed by atoms with van der Waals surface area (Å²) in [7, 11) is 0. The lowest BCUT2D eigenvalue weighted by Gasteiger charge is -2.08. The number of carbonyl (C=O) groups excluding carboxylic acids is 1. The zero-order chi connectivity index (χ0) is 14.0. The van der Waals surface area contributed by atoms with E-state index in [0.29, 0.717) is 21.9 Å². The van der Waals surface area contributed by atoms with Crippen molar-refractivity contribution in [1.82, 2.24) is 9.59 Å². The second-order valence-electron chi connectivity index (χ2n) is 4.37. The number of amides is 1. The highest BCUT2D eigenvalue weighted by atomic mass is 32.1. The monoisotopic (exact) mass is 278 g/mol. The van der Waals surface area contributed by atoms with Crippen molar-refractivity contribution in [3.05, 3.63) is 28.8 Å². The lowest BCUT2D eigenvalue weighted by molar-refractivity contribution is 0.102. The lowest BCUT2D eigenvalue weighted by Crippen LogP contribution is -2.14. The molecule has 1 aromatic heterocycles. The van der Waals surface area contributed by atoms with Gasteiger partial charge in [-0.3, -0.25) is 4.79 Å². The van der Waals surface area contributed by atoms with Crippen molar-refractivity contribution < 1.29 is 9.90 Å². The maximum absolute atomic E-state index is 12.1. The van der Waals surface area contributed by atoms with E-state index in [1.165, 1.54) is 12.1 Å². The van der Waals surface area contributed by atoms with Crippen molar-refractivity contribution in [3.63, 3.8) is 0 Å². The second-order valence-corrected chi connectivity index (χ2v) is 5.12. The number of nitrogen functional groups attached to an aromatic ring is 1. The van der Waals surface area contributed by atoms with Crippen LogP contribution >= 0.6 is 11.5 Å². The van der Waals surface area contributed by atoms with Gasteiger partial charge in [-0.05, 0) is 29.6 Å². The number of phenolic OH excluding ortho intramolecular Hbond substituents is 1. The molecular weight excluding hydrogens is 264 g/mol. The third-order valence-electron chi connectivity index (χ3n) is 2.55. The molecule has 100 valence electrons. The fraction of sp³-hybridized carbons (Fsp3) is 0.250. The molecule has 0 fully saturated rings. The molecule has 0 saturated heterocycles. The van der Waals surface area contributed by atoms with Crippen LogP contribution in [0.25, 0.3) is 0 Å². The minimum absolute atomic E-state index is 0.0535. The van der Waals surface area contributed by atoms with Crippen LogP contribution < -0.4 is 11.1 Å². The molecule has 0 saturated carbocycles. The summed E-state index contributed by atoms with van der Waals surface area (Å²) in [5, 5.41) is 15.9. The standard InChI is InChI=1S/C12H14N4O2S/c1-6(2)10-11(19-16-15-10)12(18)14-9-4-3-7(17)5-8(9)13/h3-6,17H,13H2,1-2H3,(H,14,18). The van der Waals surface area contributed by atoms with Gasteiger partial charge in [-0.2, -0.15) is 0 Å². The maximum Gasteiger partial charge on any atom is 0.269 e. The Labute approximate surface area is 114 Å². The first-order valence-electron chi connectivity index (χ1n) is 5.71. The number of hydrogen-bond donors (Lipinski definition) is 3. The van der Waals surface area contributed by atoms with Gasteiger partial charge in [0.15, 0.2) is 0 Å². The minimum atomic E-state index is -0.295. The number of hydrogen-bond acceptors (Lipinski definition) is 6. The zero-order valence-corrected chi connectivity index (χ0v) is 11.4. The van der Waals surface area contributed by atoms with Gasteiger partial charge in [0, 0.05) is 6.07 Å². The van der Waals surface area contributed by atoms with Gasteiger partial charge >= 0.3 is 0 Å². The van der Waals surface area contributed by atoms with Crippen LogP contribution in [-0.2, 0) is 0 Å². The molecule has 0 unspecified atom stereocenters. The number of aromatic hydroxyl groups is 1. The summed E-state index contributed by atoms with van der Waals surface area (Å²) in [6.07, 6.45) is 0. The van der Waals surface area contributed by atoms with E-state index in [1.807, 2.05) is 13.8 Å². The Hall–Kier alpha value is -2.15. The predicted octanol–water partition coefficient (Wildman–Crippen LogP) is 2.20. The molecule has 0 atom stereocenters. The second kappa shape index (κ2) is 5.23. The Morgan fingerprint density at radius 1 is 1.47 bits per heavy atom. The summed E-state index contributed by atoms with van der Waals surface area (Å²) < 4.78 is 3.80. The number of carbonyl (C=O) groups is 1. The average Bonchev–Trinajstić information content (AvgIpc) is 2.82. The topological polar surface area (TPSA) is 101 Å². The van der Waals surface area contributed by atoms with E-state index in [9.17, 15) is 9.90 Å². The number of anilines is 2. The summed E-state index contributed by atoms with van der Waals surface area (Å²) in [4.78, 5) is 12.6. The Kier molecular flexibility index (Phi) is 3.66. The average molecular weight is 278 g/mol. The van der Waals surface area contributed by atoms with Gasteiger partial charge in [0.25, 0.3) is 5.91 Å². The highest BCUT2D eigenvalue weighted by molar-refractivity contribution is 7.08. The largest absolute Gasteiger partial charge is 0.508 e. The number of rotatable bonds is 3. The summed E-state index contributed by atoms with van der Waals surface area (Å²) in [6, 6.07) is 4.39. The van der Waals surface area contributed by atoms with Crippen molar-refractivity contribution in [2.75, 3.05) is 11.1 Å². The van der Waals surface area contributed by atoms with Crippen molar-refractivity contribution in [2.45, 2.75) is 19.8 Å². The van der Waals surface area contributed by atoms with Gasteiger partial charge in [0.05, 0.1) is 17.1 Å². The molecule has 0 spiro atoms. The number of nitrogens with two attached hydrogens (primary N) is 1. The number of nitrogens with zero attached hydrogens (tertiary/aromatic N) is 2. The summed E-state index contributed by atoms with van der Waals surface area (Å²) in [5.41, 5.74) is 7.14. The molecular formula is C12H14N4O2S. The molecule has 2 aromatic rings. The quantitative estimate of drug-likeness (QED) is 0.590. The van der Waals surface area contributed by atoms with E-state index < -0.39 is 0 Å². The Bertz CT molecular complexity index is 610. The van der Waals surface area contributed by atoms with Crippen LogP contribution in [-0.4, -0.2) is 20.6 Å². The van der Waals surface area contributed by atoms with Crippen LogP contribution in [0.4, 0.5) is 11.4 Å². The number of aromatic nitrogens is 2. The van der Waals surface area contributed by atoms with E-state index in [0.717, 1.165) is 11.5 Å². The van der Waals surface area contributed by atoms with Crippen molar-refractivity contribution in [3.8, 4) is 5.75 Å². The molecule has 6 nitrogen and oxygen atoms in total. The highest BCUT2D eigenvalue weighted by Gasteiger charge is 2.19. The van der Waals surface area contributed by atoms with Crippen molar-refractivity contribution >= 4 is 28.8 Å². The minimum Gasteiger partial charge on any atom is -0.508 e. The molecule has 7 heteroatoms. The lowest BCUT2D eigenvalue weighted by atomic mass is 10.1.